The zero-order chi connectivity index (χ0) is 21.6. The molecule has 5 rings (SSSR count). The summed E-state index contributed by atoms with van der Waals surface area (Å²) in [5.74, 6) is 0.370. The van der Waals surface area contributed by atoms with E-state index in [1.807, 2.05) is 30.3 Å². The van der Waals surface area contributed by atoms with Crippen LogP contribution in [0.1, 0.15) is 48.2 Å². The average molecular weight is 437 g/mol. The fraction of sp³-hybridized carbons (Fsp3) is 0.318. The van der Waals surface area contributed by atoms with Crippen molar-refractivity contribution < 1.29 is 9.00 Å². The van der Waals surface area contributed by atoms with E-state index in [4.69, 9.17) is 10.1 Å². The predicted molar refractivity (Wildman–Crippen MR) is 119 cm³/mol. The van der Waals surface area contributed by atoms with Gasteiger partial charge in [-0.2, -0.15) is 5.10 Å². The van der Waals surface area contributed by atoms with E-state index < -0.39 is 15.9 Å². The first-order chi connectivity index (χ1) is 14.9. The van der Waals surface area contributed by atoms with Gasteiger partial charge in [0.05, 0.1) is 11.4 Å². The predicted octanol–water partition coefficient (Wildman–Crippen LogP) is 3.74. The number of benzene rings is 1. The summed E-state index contributed by atoms with van der Waals surface area (Å²) in [6.07, 6.45) is 6.33. The third-order valence-corrected chi connectivity index (χ3v) is 7.24. The molecule has 0 bridgehead atoms. The van der Waals surface area contributed by atoms with Crippen LogP contribution in [0.2, 0.25) is 0 Å². The first kappa shape index (κ1) is 19.9. The fourth-order valence-corrected chi connectivity index (χ4v) is 5.29. The summed E-state index contributed by atoms with van der Waals surface area (Å²) in [5, 5.41) is 13.2. The molecular formula is C22H24N6O2S. The van der Waals surface area contributed by atoms with Crippen molar-refractivity contribution in [3.8, 4) is 5.69 Å². The van der Waals surface area contributed by atoms with Gasteiger partial charge < -0.3 is 5.32 Å². The molecule has 0 spiro atoms. The molecule has 2 aromatic heterocycles. The molecule has 2 heterocycles. The van der Waals surface area contributed by atoms with Gasteiger partial charge in [-0.25, -0.2) is 18.8 Å². The van der Waals surface area contributed by atoms with Crippen LogP contribution < -0.4 is 10.5 Å². The van der Waals surface area contributed by atoms with Gasteiger partial charge in [0, 0.05) is 17.6 Å². The van der Waals surface area contributed by atoms with Crippen molar-refractivity contribution >= 4 is 21.6 Å². The number of fused-ring (bicyclic) bond motifs is 2. The van der Waals surface area contributed by atoms with E-state index in [1.165, 1.54) is 6.07 Å². The Morgan fingerprint density at radius 2 is 2.00 bits per heavy atom. The number of amides is 2. The second-order valence-corrected chi connectivity index (χ2v) is 9.83. The zero-order valence-corrected chi connectivity index (χ0v) is 18.1. The Labute approximate surface area is 181 Å². The van der Waals surface area contributed by atoms with E-state index in [-0.39, 0.29) is 5.03 Å². The summed E-state index contributed by atoms with van der Waals surface area (Å²) in [5.41, 5.74) is 5.86. The number of rotatable bonds is 3. The smallest absolute Gasteiger partial charge is 0.305 e. The monoisotopic (exact) mass is 436 g/mol. The van der Waals surface area contributed by atoms with Gasteiger partial charge in [0.2, 0.25) is 0 Å². The molecule has 0 aliphatic heterocycles. The largest absolute Gasteiger partial charge is 0.354 e. The Morgan fingerprint density at radius 3 is 2.81 bits per heavy atom. The number of nitrogens with zero attached hydrogens (tertiary/aromatic N) is 4. The minimum atomic E-state index is -3.49. The molecule has 3 aromatic rings. The lowest BCUT2D eigenvalue weighted by Crippen LogP contribution is -2.19. The summed E-state index contributed by atoms with van der Waals surface area (Å²) in [7, 11) is -3.49. The third kappa shape index (κ3) is 3.64. The molecular weight excluding hydrogens is 412 g/mol. The van der Waals surface area contributed by atoms with Crippen molar-refractivity contribution in [2.45, 2.75) is 50.0 Å². The fourth-order valence-electron chi connectivity index (χ4n) is 4.44. The number of nitrogens with one attached hydrogen (secondary N) is 1. The van der Waals surface area contributed by atoms with Crippen LogP contribution in [-0.4, -0.2) is 25.0 Å². The number of aromatic nitrogens is 3. The van der Waals surface area contributed by atoms with Crippen molar-refractivity contribution in [3.63, 3.8) is 0 Å². The molecule has 0 saturated carbocycles. The Kier molecular flexibility index (Phi) is 4.86. The molecule has 0 fully saturated rings. The summed E-state index contributed by atoms with van der Waals surface area (Å²) >= 11 is 0. The van der Waals surface area contributed by atoms with Crippen molar-refractivity contribution in [1.29, 1.82) is 0 Å². The quantitative estimate of drug-likeness (QED) is 0.651. The van der Waals surface area contributed by atoms with E-state index in [0.717, 1.165) is 66.0 Å². The Balaban J connectivity index is 1.45. The Bertz CT molecular complexity index is 1290. The normalized spacial score (nSPS) is 18.8. The average Bonchev–Trinajstić information content (AvgIpc) is 3.49. The molecule has 160 valence electrons. The van der Waals surface area contributed by atoms with Crippen molar-refractivity contribution in [3.05, 3.63) is 65.1 Å². The maximum absolute atomic E-state index is 13.0. The van der Waals surface area contributed by atoms with Gasteiger partial charge >= 0.3 is 6.03 Å². The van der Waals surface area contributed by atoms with E-state index >= 15 is 0 Å². The van der Waals surface area contributed by atoms with Crippen LogP contribution in [0, 0.1) is 0 Å². The maximum Gasteiger partial charge on any atom is 0.354 e. The highest BCUT2D eigenvalue weighted by molar-refractivity contribution is 7.91. The number of carbonyl (C=O) groups excluding carboxylic acids is 1. The number of nitrogens with two attached hydrogens (primary N) is 1. The molecule has 31 heavy (non-hydrogen) atoms. The minimum absolute atomic E-state index is 0.0605. The number of para-hydroxylation sites is 1. The van der Waals surface area contributed by atoms with Gasteiger partial charge in [0.25, 0.3) is 0 Å². The number of pyridine rings is 1. The number of hydrogen-bond donors (Lipinski definition) is 2. The number of carbonyl (C=O) groups is 1. The topological polar surface area (TPSA) is 115 Å². The van der Waals surface area contributed by atoms with E-state index in [2.05, 4.69) is 21.7 Å². The third-order valence-electron chi connectivity index (χ3n) is 5.99. The van der Waals surface area contributed by atoms with Crippen molar-refractivity contribution in [2.24, 2.45) is 9.50 Å². The second kappa shape index (κ2) is 7.58. The minimum Gasteiger partial charge on any atom is -0.305 e. The van der Waals surface area contributed by atoms with Gasteiger partial charge in [0.15, 0.2) is 14.9 Å². The molecule has 2 atom stereocenters. The highest BCUT2D eigenvalue weighted by atomic mass is 32.2. The van der Waals surface area contributed by atoms with Crippen LogP contribution in [0.3, 0.4) is 0 Å². The van der Waals surface area contributed by atoms with Crippen LogP contribution in [0.25, 0.3) is 5.69 Å². The van der Waals surface area contributed by atoms with Crippen LogP contribution in [0.5, 0.6) is 0 Å². The number of aryl methyl sites for hydroxylation is 1. The first-order valence-corrected chi connectivity index (χ1v) is 12.0. The highest BCUT2D eigenvalue weighted by Gasteiger charge is 2.30. The highest BCUT2D eigenvalue weighted by Crippen LogP contribution is 2.41. The van der Waals surface area contributed by atoms with Crippen LogP contribution in [-0.2, 0) is 29.2 Å². The zero-order valence-electron chi connectivity index (χ0n) is 17.2. The summed E-state index contributed by atoms with van der Waals surface area (Å²) < 4.78 is 18.4. The van der Waals surface area contributed by atoms with Crippen LogP contribution in [0.4, 0.5) is 10.5 Å². The van der Waals surface area contributed by atoms with Crippen molar-refractivity contribution in [2.75, 3.05) is 5.32 Å². The SMILES string of the molecule is C[C@@H]1CCc2c1nc1c(c2NC(=O)N=[S@@](N)(=O)c2ccn(-c3ccccc3)n2)CCC1. The lowest BCUT2D eigenvalue weighted by atomic mass is 10.0. The molecule has 1 aromatic carbocycles. The molecule has 0 saturated heterocycles. The van der Waals surface area contributed by atoms with Gasteiger partial charge in [-0.15, -0.1) is 4.36 Å². The second-order valence-electron chi connectivity index (χ2n) is 8.09. The lowest BCUT2D eigenvalue weighted by Gasteiger charge is -2.15. The molecule has 9 heteroatoms. The molecule has 0 unspecified atom stereocenters. The van der Waals surface area contributed by atoms with Crippen LogP contribution >= 0.6 is 0 Å². The lowest BCUT2D eigenvalue weighted by molar-refractivity contribution is 0.260. The van der Waals surface area contributed by atoms with Crippen molar-refractivity contribution in [1.82, 2.24) is 14.8 Å². The molecule has 2 aliphatic rings. The molecule has 3 N–H and O–H groups in total. The van der Waals surface area contributed by atoms with E-state index in [1.54, 1.807) is 10.9 Å². The molecule has 2 aliphatic carbocycles. The summed E-state index contributed by atoms with van der Waals surface area (Å²) in [6.45, 7) is 2.16. The molecule has 2 amide bonds. The Hall–Kier alpha value is -3.04. The van der Waals surface area contributed by atoms with E-state index in [0.29, 0.717) is 5.92 Å². The van der Waals surface area contributed by atoms with Gasteiger partial charge in [0.1, 0.15) is 0 Å². The number of anilines is 1. The molecule has 0 radical (unpaired) electrons. The summed E-state index contributed by atoms with van der Waals surface area (Å²) in [4.78, 5) is 17.6. The standard InChI is InChI=1S/C22H24N6O2S/c1-14-10-11-17-20(14)24-18-9-5-8-16(18)21(17)25-22(29)27-31(23,30)19-12-13-28(26-19)15-6-3-2-4-7-15/h2-4,6-7,12-14H,5,8-11H2,1H3,(H3,23,24,25,27,29,30)/t14-,31-/m1/s1. The van der Waals surface area contributed by atoms with Gasteiger partial charge in [-0.1, -0.05) is 25.1 Å². The van der Waals surface area contributed by atoms with Crippen LogP contribution in [0.15, 0.2) is 52.0 Å². The first-order valence-electron chi connectivity index (χ1n) is 10.4. The Morgan fingerprint density at radius 1 is 1.19 bits per heavy atom. The van der Waals surface area contributed by atoms with Gasteiger partial charge in [-0.05, 0) is 67.3 Å². The number of hydrogen-bond acceptors (Lipinski definition) is 4. The van der Waals surface area contributed by atoms with E-state index in [9.17, 15) is 9.00 Å². The number of urea groups is 1. The maximum atomic E-state index is 13.0. The van der Waals surface area contributed by atoms with Gasteiger partial charge in [-0.3, -0.25) is 4.98 Å². The molecule has 8 nitrogen and oxygen atoms in total. The summed E-state index contributed by atoms with van der Waals surface area (Å²) in [6, 6.07) is 10.2.